The molecule has 1 aromatic rings. The number of hydrogen-bond donors (Lipinski definition) is 2. The summed E-state index contributed by atoms with van der Waals surface area (Å²) in [6.45, 7) is 4.41. The first-order valence-corrected chi connectivity index (χ1v) is 4.79. The van der Waals surface area contributed by atoms with E-state index in [4.69, 9.17) is 5.11 Å². The van der Waals surface area contributed by atoms with Crippen molar-refractivity contribution in [1.82, 2.24) is 9.78 Å². The maximum atomic E-state index is 11.3. The van der Waals surface area contributed by atoms with Crippen LogP contribution in [0, 0.1) is 6.92 Å². The minimum atomic E-state index is -1.16. The van der Waals surface area contributed by atoms with Crippen molar-refractivity contribution in [2.75, 3.05) is 5.32 Å². The molecule has 0 spiro atoms. The second-order valence-corrected chi connectivity index (χ2v) is 3.14. The summed E-state index contributed by atoms with van der Waals surface area (Å²) >= 11 is 0. The van der Waals surface area contributed by atoms with Crippen LogP contribution in [0.3, 0.4) is 0 Å². The monoisotopic (exact) mass is 223 g/mol. The van der Waals surface area contributed by atoms with Crippen molar-refractivity contribution in [2.45, 2.75) is 20.4 Å². The number of rotatable bonds is 4. The number of nitrogens with zero attached hydrogens (tertiary/aromatic N) is 2. The van der Waals surface area contributed by atoms with Crippen LogP contribution >= 0.6 is 0 Å². The molecular weight excluding hydrogens is 210 g/mol. The number of anilines is 1. The maximum absolute atomic E-state index is 11.3. The zero-order chi connectivity index (χ0) is 12.1. The Morgan fingerprint density at radius 3 is 2.75 bits per heavy atom. The largest absolute Gasteiger partial charge is 0.478 e. The smallest absolute Gasteiger partial charge is 0.328 e. The molecule has 0 saturated heterocycles. The number of carbonyl (C=O) groups is 2. The lowest BCUT2D eigenvalue weighted by Crippen LogP contribution is -2.08. The van der Waals surface area contributed by atoms with Crippen LogP contribution in [0.5, 0.6) is 0 Å². The van der Waals surface area contributed by atoms with Crippen molar-refractivity contribution < 1.29 is 14.7 Å². The molecule has 1 rings (SSSR count). The Kier molecular flexibility index (Phi) is 3.82. The van der Waals surface area contributed by atoms with Gasteiger partial charge in [0.25, 0.3) is 0 Å². The number of carboxylic acids is 1. The molecule has 6 nitrogen and oxygen atoms in total. The fourth-order valence-corrected chi connectivity index (χ4v) is 1.12. The summed E-state index contributed by atoms with van der Waals surface area (Å²) < 4.78 is 1.69. The number of aliphatic carboxylic acids is 1. The summed E-state index contributed by atoms with van der Waals surface area (Å²) in [5, 5.41) is 15.0. The van der Waals surface area contributed by atoms with Crippen LogP contribution in [-0.4, -0.2) is 26.8 Å². The molecule has 2 N–H and O–H groups in total. The SMILES string of the molecule is CCn1cc(NC(=O)/C=C/C(=O)O)c(C)n1. The molecule has 86 valence electrons. The van der Waals surface area contributed by atoms with E-state index in [-0.39, 0.29) is 0 Å². The van der Waals surface area contributed by atoms with Gasteiger partial charge in [-0.15, -0.1) is 0 Å². The lowest BCUT2D eigenvalue weighted by molar-refractivity contribution is -0.131. The number of amides is 1. The van der Waals surface area contributed by atoms with E-state index in [1.807, 2.05) is 6.92 Å². The molecular formula is C10H13N3O3. The highest BCUT2D eigenvalue weighted by atomic mass is 16.4. The summed E-state index contributed by atoms with van der Waals surface area (Å²) in [5.41, 5.74) is 1.28. The van der Waals surface area contributed by atoms with Crippen molar-refractivity contribution in [3.63, 3.8) is 0 Å². The van der Waals surface area contributed by atoms with Gasteiger partial charge in [-0.05, 0) is 13.8 Å². The van der Waals surface area contributed by atoms with E-state index in [1.54, 1.807) is 17.8 Å². The molecule has 0 radical (unpaired) electrons. The summed E-state index contributed by atoms with van der Waals surface area (Å²) in [4.78, 5) is 21.5. The average Bonchev–Trinajstić information content (AvgIpc) is 2.57. The molecule has 0 aliphatic heterocycles. The minimum Gasteiger partial charge on any atom is -0.478 e. The van der Waals surface area contributed by atoms with Gasteiger partial charge in [-0.2, -0.15) is 5.10 Å². The van der Waals surface area contributed by atoms with E-state index in [9.17, 15) is 9.59 Å². The molecule has 0 bridgehead atoms. The van der Waals surface area contributed by atoms with Crippen LogP contribution in [0.25, 0.3) is 0 Å². The molecule has 0 aromatic carbocycles. The predicted octanol–water partition coefficient (Wildman–Crippen LogP) is 0.791. The zero-order valence-electron chi connectivity index (χ0n) is 9.10. The van der Waals surface area contributed by atoms with E-state index in [0.29, 0.717) is 17.9 Å². The molecule has 16 heavy (non-hydrogen) atoms. The molecule has 0 aliphatic rings. The van der Waals surface area contributed by atoms with Crippen LogP contribution in [0.4, 0.5) is 5.69 Å². The van der Waals surface area contributed by atoms with Crippen LogP contribution < -0.4 is 5.32 Å². The van der Waals surface area contributed by atoms with Crippen LogP contribution in [-0.2, 0) is 16.1 Å². The summed E-state index contributed by atoms with van der Waals surface area (Å²) in [5.74, 6) is -1.64. The highest BCUT2D eigenvalue weighted by molar-refractivity contribution is 6.02. The summed E-state index contributed by atoms with van der Waals surface area (Å²) in [6.07, 6.45) is 3.45. The van der Waals surface area contributed by atoms with Gasteiger partial charge in [0.05, 0.1) is 11.4 Å². The van der Waals surface area contributed by atoms with E-state index >= 15 is 0 Å². The molecule has 0 fully saturated rings. The molecule has 1 heterocycles. The fourth-order valence-electron chi connectivity index (χ4n) is 1.12. The Balaban J connectivity index is 2.69. The Bertz CT molecular complexity index is 435. The third-order valence-electron chi connectivity index (χ3n) is 1.91. The molecule has 0 unspecified atom stereocenters. The lowest BCUT2D eigenvalue weighted by atomic mass is 10.4. The van der Waals surface area contributed by atoms with Crippen molar-refractivity contribution in [3.8, 4) is 0 Å². The van der Waals surface area contributed by atoms with Gasteiger partial charge in [0.15, 0.2) is 0 Å². The Labute approximate surface area is 92.6 Å². The van der Waals surface area contributed by atoms with Gasteiger partial charge in [-0.25, -0.2) is 4.79 Å². The first-order chi connectivity index (χ1) is 7.52. The standard InChI is InChI=1S/C10H13N3O3/c1-3-13-6-8(7(2)12-13)11-9(14)4-5-10(15)16/h4-6H,3H2,1-2H3,(H,11,14)(H,15,16)/b5-4+. The van der Waals surface area contributed by atoms with Gasteiger partial charge in [0, 0.05) is 24.9 Å². The number of aryl methyl sites for hydroxylation is 2. The number of hydrogen-bond acceptors (Lipinski definition) is 3. The highest BCUT2D eigenvalue weighted by Gasteiger charge is 2.06. The first-order valence-electron chi connectivity index (χ1n) is 4.79. The van der Waals surface area contributed by atoms with Gasteiger partial charge >= 0.3 is 5.97 Å². The molecule has 0 atom stereocenters. The van der Waals surface area contributed by atoms with Crippen LogP contribution in [0.15, 0.2) is 18.3 Å². The summed E-state index contributed by atoms with van der Waals surface area (Å²) in [6, 6.07) is 0. The Hall–Kier alpha value is -2.11. The molecule has 6 heteroatoms. The third kappa shape index (κ3) is 3.23. The van der Waals surface area contributed by atoms with Crippen molar-refractivity contribution in [3.05, 3.63) is 24.0 Å². The van der Waals surface area contributed by atoms with Crippen molar-refractivity contribution >= 4 is 17.6 Å². The predicted molar refractivity (Wildman–Crippen MR) is 58.0 cm³/mol. The molecule has 0 saturated carbocycles. The second kappa shape index (κ2) is 5.11. The van der Waals surface area contributed by atoms with E-state index in [2.05, 4.69) is 10.4 Å². The quantitative estimate of drug-likeness (QED) is 0.739. The normalized spacial score (nSPS) is 10.6. The van der Waals surface area contributed by atoms with Gasteiger partial charge in [0.1, 0.15) is 0 Å². The second-order valence-electron chi connectivity index (χ2n) is 3.14. The van der Waals surface area contributed by atoms with Gasteiger partial charge < -0.3 is 10.4 Å². The third-order valence-corrected chi connectivity index (χ3v) is 1.91. The number of carboxylic acid groups (broad SMARTS) is 1. The highest BCUT2D eigenvalue weighted by Crippen LogP contribution is 2.11. The van der Waals surface area contributed by atoms with Crippen LogP contribution in [0.1, 0.15) is 12.6 Å². The fraction of sp³-hybridized carbons (Fsp3) is 0.300. The van der Waals surface area contributed by atoms with Crippen molar-refractivity contribution in [2.24, 2.45) is 0 Å². The van der Waals surface area contributed by atoms with Crippen LogP contribution in [0.2, 0.25) is 0 Å². The minimum absolute atomic E-state index is 0.485. The topological polar surface area (TPSA) is 84.2 Å². The summed E-state index contributed by atoms with van der Waals surface area (Å²) in [7, 11) is 0. The van der Waals surface area contributed by atoms with Gasteiger partial charge in [-0.1, -0.05) is 0 Å². The maximum Gasteiger partial charge on any atom is 0.328 e. The van der Waals surface area contributed by atoms with E-state index < -0.39 is 11.9 Å². The van der Waals surface area contributed by atoms with Gasteiger partial charge in [-0.3, -0.25) is 9.48 Å². The van der Waals surface area contributed by atoms with E-state index in [0.717, 1.165) is 12.2 Å². The number of nitrogens with one attached hydrogen (secondary N) is 1. The average molecular weight is 223 g/mol. The lowest BCUT2D eigenvalue weighted by Gasteiger charge is -1.97. The zero-order valence-corrected chi connectivity index (χ0v) is 9.10. The van der Waals surface area contributed by atoms with E-state index in [1.165, 1.54) is 0 Å². The number of aromatic nitrogens is 2. The Morgan fingerprint density at radius 1 is 1.56 bits per heavy atom. The van der Waals surface area contributed by atoms with Crippen molar-refractivity contribution in [1.29, 1.82) is 0 Å². The molecule has 1 amide bonds. The Morgan fingerprint density at radius 2 is 2.25 bits per heavy atom. The first kappa shape index (κ1) is 12.0. The van der Waals surface area contributed by atoms with Gasteiger partial charge in [0.2, 0.25) is 5.91 Å². The molecule has 0 aliphatic carbocycles. The number of carbonyl (C=O) groups excluding carboxylic acids is 1. The molecule has 1 aromatic heterocycles.